The van der Waals surface area contributed by atoms with Crippen LogP contribution in [-0.2, 0) is 16.1 Å². The second kappa shape index (κ2) is 10.8. The van der Waals surface area contributed by atoms with E-state index in [2.05, 4.69) is 21.2 Å². The highest BCUT2D eigenvalue weighted by Gasteiger charge is 2.16. The summed E-state index contributed by atoms with van der Waals surface area (Å²) < 4.78 is 17.4. The van der Waals surface area contributed by atoms with Crippen molar-refractivity contribution in [2.24, 2.45) is 5.73 Å². The molecule has 0 saturated carbocycles. The van der Waals surface area contributed by atoms with Crippen LogP contribution in [0.3, 0.4) is 0 Å². The van der Waals surface area contributed by atoms with Gasteiger partial charge in [-0.1, -0.05) is 0 Å². The van der Waals surface area contributed by atoms with Gasteiger partial charge >= 0.3 is 0 Å². The van der Waals surface area contributed by atoms with Gasteiger partial charge in [0.15, 0.2) is 18.1 Å². The molecule has 0 bridgehead atoms. The van der Waals surface area contributed by atoms with Gasteiger partial charge in [-0.2, -0.15) is 0 Å². The van der Waals surface area contributed by atoms with E-state index in [4.69, 9.17) is 19.9 Å². The van der Waals surface area contributed by atoms with Crippen LogP contribution >= 0.6 is 28.3 Å². The van der Waals surface area contributed by atoms with Crippen LogP contribution in [0.25, 0.3) is 0 Å². The average molecular weight is 424 g/mol. The maximum absolute atomic E-state index is 10.9. The Hall–Kier alpha value is -1.02. The molecule has 6 nitrogen and oxygen atoms in total. The fourth-order valence-electron chi connectivity index (χ4n) is 2.45. The van der Waals surface area contributed by atoms with Crippen molar-refractivity contribution in [3.63, 3.8) is 0 Å². The summed E-state index contributed by atoms with van der Waals surface area (Å²) in [6.45, 7) is 4.62. The molecule has 8 heteroatoms. The van der Waals surface area contributed by atoms with Crippen molar-refractivity contribution in [3.05, 3.63) is 22.2 Å². The standard InChI is InChI=1S/C16H23BrN2O4.ClH/c1-2-21-14-7-11(8-19-9-12-4-3-5-22-12)6-13(17)16(14)23-10-15(18)20;/h6-7,12,19H,2-5,8-10H2,1H3,(H2,18,20);1H. The molecule has 1 aliphatic rings. The highest BCUT2D eigenvalue weighted by atomic mass is 79.9. The van der Waals surface area contributed by atoms with E-state index in [-0.39, 0.29) is 19.0 Å². The second-order valence-electron chi connectivity index (χ2n) is 5.36. The molecule has 1 saturated heterocycles. The van der Waals surface area contributed by atoms with Gasteiger partial charge in [-0.3, -0.25) is 4.79 Å². The molecule has 3 N–H and O–H groups in total. The van der Waals surface area contributed by atoms with E-state index in [1.807, 2.05) is 19.1 Å². The van der Waals surface area contributed by atoms with Crippen LogP contribution in [-0.4, -0.2) is 38.4 Å². The Labute approximate surface area is 156 Å². The van der Waals surface area contributed by atoms with Gasteiger partial charge in [0.05, 0.1) is 17.2 Å². The summed E-state index contributed by atoms with van der Waals surface area (Å²) in [6, 6.07) is 3.86. The predicted octanol–water partition coefficient (Wildman–Crippen LogP) is 2.40. The smallest absolute Gasteiger partial charge is 0.255 e. The number of carbonyl (C=O) groups is 1. The lowest BCUT2D eigenvalue weighted by atomic mass is 10.2. The molecule has 0 aliphatic carbocycles. The lowest BCUT2D eigenvalue weighted by Gasteiger charge is -2.16. The van der Waals surface area contributed by atoms with E-state index in [1.165, 1.54) is 0 Å². The molecule has 1 aromatic rings. The monoisotopic (exact) mass is 422 g/mol. The fourth-order valence-corrected chi connectivity index (χ4v) is 3.06. The Kier molecular flexibility index (Phi) is 9.43. The molecule has 1 unspecified atom stereocenters. The Morgan fingerprint density at radius 2 is 2.25 bits per heavy atom. The molecule has 0 radical (unpaired) electrons. The van der Waals surface area contributed by atoms with Crippen molar-refractivity contribution < 1.29 is 19.0 Å². The molecule has 136 valence electrons. The van der Waals surface area contributed by atoms with Gasteiger partial charge < -0.3 is 25.3 Å². The summed E-state index contributed by atoms with van der Waals surface area (Å²) in [5, 5.41) is 3.39. The first-order valence-corrected chi connectivity index (χ1v) is 8.58. The summed E-state index contributed by atoms with van der Waals surface area (Å²) >= 11 is 3.47. The van der Waals surface area contributed by atoms with E-state index in [1.54, 1.807) is 0 Å². The summed E-state index contributed by atoms with van der Waals surface area (Å²) in [5.41, 5.74) is 6.19. The van der Waals surface area contributed by atoms with E-state index in [0.29, 0.717) is 30.8 Å². The van der Waals surface area contributed by atoms with Crippen molar-refractivity contribution in [1.29, 1.82) is 0 Å². The van der Waals surface area contributed by atoms with Crippen molar-refractivity contribution >= 4 is 34.2 Å². The average Bonchev–Trinajstić information content (AvgIpc) is 3.00. The third kappa shape index (κ3) is 6.47. The molecule has 0 spiro atoms. The lowest BCUT2D eigenvalue weighted by Crippen LogP contribution is -2.25. The molecular weight excluding hydrogens is 400 g/mol. The molecular formula is C16H24BrClN2O4. The molecule has 24 heavy (non-hydrogen) atoms. The molecule has 1 fully saturated rings. The van der Waals surface area contributed by atoms with Crippen LogP contribution in [0.2, 0.25) is 0 Å². The second-order valence-corrected chi connectivity index (χ2v) is 6.21. The quantitative estimate of drug-likeness (QED) is 0.637. The third-order valence-corrected chi connectivity index (χ3v) is 4.04. The van der Waals surface area contributed by atoms with Gasteiger partial charge in [0, 0.05) is 19.7 Å². The Balaban J connectivity index is 0.00000288. The largest absolute Gasteiger partial charge is 0.490 e. The molecule has 0 aromatic heterocycles. The first-order valence-electron chi connectivity index (χ1n) is 7.78. The van der Waals surface area contributed by atoms with Gasteiger partial charge in [0.2, 0.25) is 0 Å². The number of halogens is 2. The first-order chi connectivity index (χ1) is 11.1. The number of amides is 1. The van der Waals surface area contributed by atoms with E-state index < -0.39 is 5.91 Å². The van der Waals surface area contributed by atoms with Gasteiger partial charge in [0.1, 0.15) is 0 Å². The normalized spacial score (nSPS) is 16.5. The van der Waals surface area contributed by atoms with Crippen molar-refractivity contribution in [3.8, 4) is 11.5 Å². The van der Waals surface area contributed by atoms with Gasteiger partial charge in [-0.25, -0.2) is 0 Å². The van der Waals surface area contributed by atoms with E-state index in [9.17, 15) is 4.79 Å². The fraction of sp³-hybridized carbons (Fsp3) is 0.562. The highest BCUT2D eigenvalue weighted by molar-refractivity contribution is 9.10. The number of primary amides is 1. The van der Waals surface area contributed by atoms with Crippen LogP contribution in [0.4, 0.5) is 0 Å². The van der Waals surface area contributed by atoms with Gasteiger partial charge in [0.25, 0.3) is 5.91 Å². The maximum atomic E-state index is 10.9. The molecule has 2 rings (SSSR count). The Morgan fingerprint density at radius 3 is 2.88 bits per heavy atom. The van der Waals surface area contributed by atoms with E-state index >= 15 is 0 Å². The Bertz CT molecular complexity index is 539. The zero-order valence-electron chi connectivity index (χ0n) is 13.7. The minimum atomic E-state index is -0.526. The molecule has 1 aromatic carbocycles. The summed E-state index contributed by atoms with van der Waals surface area (Å²) in [5.74, 6) is 0.562. The van der Waals surface area contributed by atoms with Crippen LogP contribution in [0.1, 0.15) is 25.3 Å². The number of nitrogens with two attached hydrogens (primary N) is 1. The maximum Gasteiger partial charge on any atom is 0.255 e. The molecule has 1 atom stereocenters. The van der Waals surface area contributed by atoms with Crippen molar-refractivity contribution in [2.75, 3.05) is 26.4 Å². The van der Waals surface area contributed by atoms with Crippen molar-refractivity contribution in [1.82, 2.24) is 5.32 Å². The minimum absolute atomic E-state index is 0. The van der Waals surface area contributed by atoms with Gasteiger partial charge in [-0.05, 0) is 53.4 Å². The van der Waals surface area contributed by atoms with E-state index in [0.717, 1.165) is 36.0 Å². The van der Waals surface area contributed by atoms with Crippen molar-refractivity contribution in [2.45, 2.75) is 32.4 Å². The Morgan fingerprint density at radius 1 is 1.46 bits per heavy atom. The zero-order valence-corrected chi connectivity index (χ0v) is 16.1. The predicted molar refractivity (Wildman–Crippen MR) is 97.9 cm³/mol. The number of carbonyl (C=O) groups excluding carboxylic acids is 1. The summed E-state index contributed by atoms with van der Waals surface area (Å²) in [6.07, 6.45) is 2.56. The summed E-state index contributed by atoms with van der Waals surface area (Å²) in [4.78, 5) is 10.9. The topological polar surface area (TPSA) is 82.8 Å². The number of hydrogen-bond acceptors (Lipinski definition) is 5. The number of hydrogen-bond donors (Lipinski definition) is 2. The molecule has 1 aliphatic heterocycles. The highest BCUT2D eigenvalue weighted by Crippen LogP contribution is 2.37. The third-order valence-electron chi connectivity index (χ3n) is 3.45. The zero-order chi connectivity index (χ0) is 16.7. The molecule has 1 heterocycles. The molecule has 1 amide bonds. The van der Waals surface area contributed by atoms with Crippen LogP contribution in [0.5, 0.6) is 11.5 Å². The first kappa shape index (κ1) is 21.0. The number of nitrogens with one attached hydrogen (secondary N) is 1. The minimum Gasteiger partial charge on any atom is -0.490 e. The van der Waals surface area contributed by atoms with Gasteiger partial charge in [-0.15, -0.1) is 12.4 Å². The van der Waals surface area contributed by atoms with Crippen LogP contribution in [0, 0.1) is 0 Å². The van der Waals surface area contributed by atoms with Crippen LogP contribution in [0.15, 0.2) is 16.6 Å². The summed E-state index contributed by atoms with van der Waals surface area (Å²) in [7, 11) is 0. The number of rotatable bonds is 9. The lowest BCUT2D eigenvalue weighted by molar-refractivity contribution is -0.119. The SMILES string of the molecule is CCOc1cc(CNCC2CCCO2)cc(Br)c1OCC(N)=O.Cl. The number of ether oxygens (including phenoxy) is 3. The number of benzene rings is 1. The van der Waals surface area contributed by atoms with Crippen LogP contribution < -0.4 is 20.5 Å².